The maximum atomic E-state index is 11.0. The number of ether oxygens (including phenoxy) is 2. The average Bonchev–Trinajstić information content (AvgIpc) is 2.13. The third-order valence-electron chi connectivity index (χ3n) is 1.21. The van der Waals surface area contributed by atoms with Crippen LogP contribution in [0.25, 0.3) is 0 Å². The van der Waals surface area contributed by atoms with E-state index < -0.39 is 11.9 Å². The smallest absolute Gasteiger partial charge is 0.330 e. The molecule has 0 saturated heterocycles. The second-order valence-electron chi connectivity index (χ2n) is 3.32. The van der Waals surface area contributed by atoms with E-state index in [1.54, 1.807) is 0 Å². The zero-order valence-corrected chi connectivity index (χ0v) is 9.23. The van der Waals surface area contributed by atoms with Crippen molar-refractivity contribution < 1.29 is 19.1 Å². The number of esters is 2. The Morgan fingerprint density at radius 3 is 2.47 bits per heavy atom. The van der Waals surface area contributed by atoms with Gasteiger partial charge in [-0.3, -0.25) is 4.79 Å². The number of carbonyl (C=O) groups is 2. The molecule has 0 atom stereocenters. The van der Waals surface area contributed by atoms with E-state index in [4.69, 9.17) is 4.74 Å². The molecule has 0 radical (unpaired) electrons. The van der Waals surface area contributed by atoms with Gasteiger partial charge in [-0.1, -0.05) is 19.9 Å². The Bertz CT molecular complexity index is 264. The van der Waals surface area contributed by atoms with E-state index in [0.29, 0.717) is 12.5 Å². The molecule has 4 heteroatoms. The van der Waals surface area contributed by atoms with Gasteiger partial charge < -0.3 is 9.47 Å². The van der Waals surface area contributed by atoms with Crippen molar-refractivity contribution in [1.29, 1.82) is 0 Å². The quantitative estimate of drug-likeness (QED) is 0.302. The molecular formula is C11H16O4. The van der Waals surface area contributed by atoms with Crippen molar-refractivity contribution in [3.05, 3.63) is 24.5 Å². The summed E-state index contributed by atoms with van der Waals surface area (Å²) < 4.78 is 9.36. The topological polar surface area (TPSA) is 52.6 Å². The Kier molecular flexibility index (Phi) is 6.97. The minimum Gasteiger partial charge on any atom is -0.462 e. The standard InChI is InChI=1S/C11H16O4/c1-9(2)8-15-11(13)6-4-5-7-14-10(3)12/h4-7,9H,8H2,1-3H3/b6-4+,7-5-. The fourth-order valence-corrected chi connectivity index (χ4v) is 0.611. The molecule has 15 heavy (non-hydrogen) atoms. The minimum absolute atomic E-state index is 0.318. The summed E-state index contributed by atoms with van der Waals surface area (Å²) in [6.07, 6.45) is 5.36. The molecule has 0 bridgehead atoms. The zero-order chi connectivity index (χ0) is 11.7. The monoisotopic (exact) mass is 212 g/mol. The predicted octanol–water partition coefficient (Wildman–Crippen LogP) is 1.82. The van der Waals surface area contributed by atoms with Crippen molar-refractivity contribution >= 4 is 11.9 Å². The highest BCUT2D eigenvalue weighted by atomic mass is 16.5. The first-order valence-electron chi connectivity index (χ1n) is 4.69. The first kappa shape index (κ1) is 13.4. The van der Waals surface area contributed by atoms with Crippen LogP contribution in [0.2, 0.25) is 0 Å². The second kappa shape index (κ2) is 7.79. The van der Waals surface area contributed by atoms with E-state index in [9.17, 15) is 9.59 Å². The summed E-state index contributed by atoms with van der Waals surface area (Å²) in [5.74, 6) is -0.489. The third kappa shape index (κ3) is 10.3. The Labute approximate surface area is 89.6 Å². The van der Waals surface area contributed by atoms with Gasteiger partial charge in [-0.05, 0) is 12.0 Å². The molecule has 0 heterocycles. The van der Waals surface area contributed by atoms with E-state index in [0.717, 1.165) is 0 Å². The number of rotatable bonds is 5. The molecule has 0 aromatic carbocycles. The molecule has 0 unspecified atom stereocenters. The fraction of sp³-hybridized carbons (Fsp3) is 0.455. The first-order chi connectivity index (χ1) is 7.02. The predicted molar refractivity (Wildman–Crippen MR) is 55.8 cm³/mol. The third-order valence-corrected chi connectivity index (χ3v) is 1.21. The molecule has 84 valence electrons. The summed E-state index contributed by atoms with van der Waals surface area (Å²) in [7, 11) is 0. The molecule has 0 aliphatic carbocycles. The van der Waals surface area contributed by atoms with Gasteiger partial charge in [0.25, 0.3) is 0 Å². The van der Waals surface area contributed by atoms with E-state index in [1.807, 2.05) is 13.8 Å². The van der Waals surface area contributed by atoms with Gasteiger partial charge >= 0.3 is 11.9 Å². The van der Waals surface area contributed by atoms with Crippen molar-refractivity contribution in [3.8, 4) is 0 Å². The number of allylic oxidation sites excluding steroid dienone is 2. The van der Waals surface area contributed by atoms with Crippen molar-refractivity contribution in [2.24, 2.45) is 5.92 Å². The SMILES string of the molecule is CC(=O)O/C=C\C=C\C(=O)OCC(C)C. The lowest BCUT2D eigenvalue weighted by Gasteiger charge is -2.03. The first-order valence-corrected chi connectivity index (χ1v) is 4.69. The molecule has 0 rings (SSSR count). The second-order valence-corrected chi connectivity index (χ2v) is 3.32. The van der Waals surface area contributed by atoms with Crippen molar-refractivity contribution in [2.45, 2.75) is 20.8 Å². The number of carbonyl (C=O) groups excluding carboxylic acids is 2. The largest absolute Gasteiger partial charge is 0.462 e. The minimum atomic E-state index is -0.406. The molecule has 0 aliphatic heterocycles. The Morgan fingerprint density at radius 2 is 1.93 bits per heavy atom. The van der Waals surface area contributed by atoms with Crippen molar-refractivity contribution in [2.75, 3.05) is 6.61 Å². The molecule has 0 saturated carbocycles. The van der Waals surface area contributed by atoms with Crippen LogP contribution in [-0.4, -0.2) is 18.5 Å². The Balaban J connectivity index is 3.71. The van der Waals surface area contributed by atoms with Crippen LogP contribution in [0, 0.1) is 5.92 Å². The molecule has 0 spiro atoms. The lowest BCUT2D eigenvalue weighted by molar-refractivity contribution is -0.138. The zero-order valence-electron chi connectivity index (χ0n) is 9.23. The highest BCUT2D eigenvalue weighted by molar-refractivity contribution is 5.82. The van der Waals surface area contributed by atoms with Gasteiger partial charge in [0.05, 0.1) is 12.9 Å². The van der Waals surface area contributed by atoms with Crippen molar-refractivity contribution in [1.82, 2.24) is 0 Å². The molecule has 0 aromatic rings. The van der Waals surface area contributed by atoms with Crippen LogP contribution < -0.4 is 0 Å². The van der Waals surface area contributed by atoms with Crippen LogP contribution in [0.1, 0.15) is 20.8 Å². The molecule has 0 fully saturated rings. The molecular weight excluding hydrogens is 196 g/mol. The summed E-state index contributed by atoms with van der Waals surface area (Å²) in [6.45, 7) is 5.61. The van der Waals surface area contributed by atoms with Crippen LogP contribution in [0.3, 0.4) is 0 Å². The lowest BCUT2D eigenvalue weighted by atomic mass is 10.2. The summed E-state index contributed by atoms with van der Waals surface area (Å²) >= 11 is 0. The lowest BCUT2D eigenvalue weighted by Crippen LogP contribution is -2.06. The van der Waals surface area contributed by atoms with Crippen LogP contribution in [0.15, 0.2) is 24.5 Å². The van der Waals surface area contributed by atoms with Gasteiger partial charge in [-0.2, -0.15) is 0 Å². The van der Waals surface area contributed by atoms with Crippen LogP contribution in [-0.2, 0) is 19.1 Å². The van der Waals surface area contributed by atoms with E-state index in [1.165, 1.54) is 31.4 Å². The fourth-order valence-electron chi connectivity index (χ4n) is 0.611. The molecule has 0 amide bonds. The van der Waals surface area contributed by atoms with E-state index in [-0.39, 0.29) is 0 Å². The molecule has 0 aromatic heterocycles. The Morgan fingerprint density at radius 1 is 1.27 bits per heavy atom. The van der Waals surface area contributed by atoms with Crippen LogP contribution in [0.5, 0.6) is 0 Å². The Hall–Kier alpha value is -1.58. The maximum absolute atomic E-state index is 11.0. The van der Waals surface area contributed by atoms with E-state index >= 15 is 0 Å². The summed E-state index contributed by atoms with van der Waals surface area (Å²) in [6, 6.07) is 0. The van der Waals surface area contributed by atoms with Crippen molar-refractivity contribution in [3.63, 3.8) is 0 Å². The highest BCUT2D eigenvalue weighted by Crippen LogP contribution is 1.93. The van der Waals surface area contributed by atoms with Gasteiger partial charge in [-0.15, -0.1) is 0 Å². The summed E-state index contributed by atoms with van der Waals surface area (Å²) in [5, 5.41) is 0. The van der Waals surface area contributed by atoms with Gasteiger partial charge in [0, 0.05) is 13.0 Å². The highest BCUT2D eigenvalue weighted by Gasteiger charge is 1.98. The summed E-state index contributed by atoms with van der Waals surface area (Å²) in [5.41, 5.74) is 0. The summed E-state index contributed by atoms with van der Waals surface area (Å²) in [4.78, 5) is 21.3. The molecule has 4 nitrogen and oxygen atoms in total. The van der Waals surface area contributed by atoms with Gasteiger partial charge in [0.15, 0.2) is 0 Å². The number of hydrogen-bond donors (Lipinski definition) is 0. The van der Waals surface area contributed by atoms with E-state index in [2.05, 4.69) is 4.74 Å². The number of hydrogen-bond acceptors (Lipinski definition) is 4. The van der Waals surface area contributed by atoms with Crippen LogP contribution in [0.4, 0.5) is 0 Å². The maximum Gasteiger partial charge on any atom is 0.330 e. The van der Waals surface area contributed by atoms with Crippen LogP contribution >= 0.6 is 0 Å². The van der Waals surface area contributed by atoms with Gasteiger partial charge in [0.1, 0.15) is 0 Å². The van der Waals surface area contributed by atoms with Gasteiger partial charge in [-0.25, -0.2) is 4.79 Å². The normalized spacial score (nSPS) is 11.2. The molecule has 0 N–H and O–H groups in total. The average molecular weight is 212 g/mol. The van der Waals surface area contributed by atoms with Gasteiger partial charge in [0.2, 0.25) is 0 Å². The molecule has 0 aliphatic rings.